The lowest BCUT2D eigenvalue weighted by atomic mass is 10.1. The number of alkyl halides is 2. The molecule has 0 spiro atoms. The molecular formula is C9H8F3N3. The van der Waals surface area contributed by atoms with Gasteiger partial charge in [0.15, 0.2) is 5.82 Å². The molecule has 6 heteroatoms. The van der Waals surface area contributed by atoms with Crippen LogP contribution in [0.3, 0.4) is 0 Å². The van der Waals surface area contributed by atoms with Crippen molar-refractivity contribution in [2.45, 2.75) is 19.4 Å². The van der Waals surface area contributed by atoms with E-state index in [1.807, 2.05) is 0 Å². The zero-order valence-electron chi connectivity index (χ0n) is 7.67. The Bertz CT molecular complexity index is 398. The fraction of sp³-hybridized carbons (Fsp3) is 0.333. The van der Waals surface area contributed by atoms with Crippen LogP contribution in [0.25, 0.3) is 0 Å². The van der Waals surface area contributed by atoms with E-state index in [1.54, 1.807) is 6.07 Å². The van der Waals surface area contributed by atoms with Gasteiger partial charge in [-0.15, -0.1) is 0 Å². The third kappa shape index (κ3) is 2.44. The van der Waals surface area contributed by atoms with Crippen molar-refractivity contribution in [3.05, 3.63) is 28.8 Å². The van der Waals surface area contributed by atoms with E-state index in [0.29, 0.717) is 0 Å². The zero-order chi connectivity index (χ0) is 11.4. The van der Waals surface area contributed by atoms with Crippen LogP contribution in [0.2, 0.25) is 0 Å². The van der Waals surface area contributed by atoms with Crippen molar-refractivity contribution in [1.29, 1.82) is 5.26 Å². The maximum atomic E-state index is 13.2. The van der Waals surface area contributed by atoms with Gasteiger partial charge in [-0.3, -0.25) is 0 Å². The van der Waals surface area contributed by atoms with Crippen LogP contribution in [0.5, 0.6) is 0 Å². The fourth-order valence-electron chi connectivity index (χ4n) is 1.13. The van der Waals surface area contributed by atoms with E-state index in [2.05, 4.69) is 4.98 Å². The van der Waals surface area contributed by atoms with Crippen LogP contribution in [0, 0.1) is 17.1 Å². The van der Waals surface area contributed by atoms with E-state index < -0.39 is 17.9 Å². The van der Waals surface area contributed by atoms with Crippen molar-refractivity contribution in [3.63, 3.8) is 0 Å². The number of nitrogens with zero attached hydrogens (tertiary/aromatic N) is 2. The summed E-state index contributed by atoms with van der Waals surface area (Å²) in [4.78, 5) is 3.37. The Morgan fingerprint density at radius 1 is 1.53 bits per heavy atom. The quantitative estimate of drug-likeness (QED) is 0.834. The van der Waals surface area contributed by atoms with Gasteiger partial charge < -0.3 is 5.73 Å². The Morgan fingerprint density at radius 2 is 2.20 bits per heavy atom. The monoisotopic (exact) mass is 215 g/mol. The highest BCUT2D eigenvalue weighted by molar-refractivity contribution is 5.25. The molecular weight excluding hydrogens is 207 g/mol. The van der Waals surface area contributed by atoms with Gasteiger partial charge in [0.05, 0.1) is 18.2 Å². The van der Waals surface area contributed by atoms with Gasteiger partial charge in [-0.05, 0) is 6.07 Å². The SMILES string of the molecule is N#CCc1cc(CN)c(F)c(C(F)F)n1. The standard InChI is InChI=1S/C9H8F3N3/c10-7-5(4-14)3-6(1-2-13)15-8(7)9(11)12/h3,9H,1,4,14H2. The number of hydrogen-bond donors (Lipinski definition) is 1. The van der Waals surface area contributed by atoms with E-state index in [4.69, 9.17) is 11.0 Å². The van der Waals surface area contributed by atoms with Crippen molar-refractivity contribution in [2.24, 2.45) is 5.73 Å². The summed E-state index contributed by atoms with van der Waals surface area (Å²) < 4.78 is 37.9. The first-order valence-corrected chi connectivity index (χ1v) is 4.13. The molecule has 0 bridgehead atoms. The summed E-state index contributed by atoms with van der Waals surface area (Å²) in [6.45, 7) is -0.202. The molecule has 1 heterocycles. The van der Waals surface area contributed by atoms with Gasteiger partial charge in [-0.1, -0.05) is 0 Å². The van der Waals surface area contributed by atoms with Gasteiger partial charge in [0.2, 0.25) is 0 Å². The molecule has 0 fully saturated rings. The Morgan fingerprint density at radius 3 is 2.67 bits per heavy atom. The predicted octanol–water partition coefficient (Wildman–Crippen LogP) is 1.68. The third-order valence-electron chi connectivity index (χ3n) is 1.80. The second-order valence-electron chi connectivity index (χ2n) is 2.81. The van der Waals surface area contributed by atoms with Crippen LogP contribution in [-0.2, 0) is 13.0 Å². The van der Waals surface area contributed by atoms with Gasteiger partial charge in [0.1, 0.15) is 5.69 Å². The number of halogens is 3. The van der Waals surface area contributed by atoms with Crippen molar-refractivity contribution in [3.8, 4) is 6.07 Å². The lowest BCUT2D eigenvalue weighted by Gasteiger charge is -2.07. The average molecular weight is 215 g/mol. The molecule has 0 aliphatic rings. The van der Waals surface area contributed by atoms with Crippen molar-refractivity contribution in [1.82, 2.24) is 4.98 Å². The molecule has 0 atom stereocenters. The lowest BCUT2D eigenvalue weighted by molar-refractivity contribution is 0.140. The molecule has 3 nitrogen and oxygen atoms in total. The molecule has 0 aromatic carbocycles. The van der Waals surface area contributed by atoms with Crippen molar-refractivity contribution >= 4 is 0 Å². The topological polar surface area (TPSA) is 62.7 Å². The molecule has 0 radical (unpaired) electrons. The van der Waals surface area contributed by atoms with E-state index in [0.717, 1.165) is 0 Å². The number of aromatic nitrogens is 1. The van der Waals surface area contributed by atoms with E-state index in [9.17, 15) is 13.2 Å². The number of hydrogen-bond acceptors (Lipinski definition) is 3. The van der Waals surface area contributed by atoms with Gasteiger partial charge in [0, 0.05) is 12.1 Å². The summed E-state index contributed by atoms with van der Waals surface area (Å²) in [7, 11) is 0. The molecule has 0 unspecified atom stereocenters. The maximum Gasteiger partial charge on any atom is 0.283 e. The highest BCUT2D eigenvalue weighted by atomic mass is 19.3. The largest absolute Gasteiger partial charge is 0.326 e. The molecule has 0 saturated carbocycles. The second kappa shape index (κ2) is 4.75. The first kappa shape index (κ1) is 11.5. The number of nitrogens with two attached hydrogens (primary N) is 1. The Labute approximate surface area is 84.3 Å². The predicted molar refractivity (Wildman–Crippen MR) is 46.4 cm³/mol. The minimum Gasteiger partial charge on any atom is -0.326 e. The van der Waals surface area contributed by atoms with Crippen LogP contribution in [0.1, 0.15) is 23.4 Å². The zero-order valence-corrected chi connectivity index (χ0v) is 7.67. The minimum atomic E-state index is -3.01. The summed E-state index contributed by atoms with van der Waals surface area (Å²) in [5, 5.41) is 8.38. The fourth-order valence-corrected chi connectivity index (χ4v) is 1.13. The van der Waals surface area contributed by atoms with Gasteiger partial charge in [-0.2, -0.15) is 5.26 Å². The first-order valence-electron chi connectivity index (χ1n) is 4.13. The summed E-state index contributed by atoms with van der Waals surface area (Å²) in [5.41, 5.74) is 4.30. The molecule has 1 aromatic rings. The summed E-state index contributed by atoms with van der Waals surface area (Å²) in [5.74, 6) is -1.09. The van der Waals surface area contributed by atoms with Crippen molar-refractivity contribution in [2.75, 3.05) is 0 Å². The smallest absolute Gasteiger partial charge is 0.283 e. The van der Waals surface area contributed by atoms with Crippen molar-refractivity contribution < 1.29 is 13.2 Å². The third-order valence-corrected chi connectivity index (χ3v) is 1.80. The second-order valence-corrected chi connectivity index (χ2v) is 2.81. The summed E-state index contributed by atoms with van der Waals surface area (Å²) in [6.07, 6.45) is -3.15. The number of nitriles is 1. The Balaban J connectivity index is 3.26. The highest BCUT2D eigenvalue weighted by Crippen LogP contribution is 2.23. The summed E-state index contributed by atoms with van der Waals surface area (Å²) in [6, 6.07) is 2.98. The van der Waals surface area contributed by atoms with Gasteiger partial charge in [0.25, 0.3) is 6.43 Å². The molecule has 80 valence electrons. The molecule has 15 heavy (non-hydrogen) atoms. The Kier molecular flexibility index (Phi) is 3.63. The van der Waals surface area contributed by atoms with E-state index in [-0.39, 0.29) is 24.2 Å². The van der Waals surface area contributed by atoms with E-state index >= 15 is 0 Å². The van der Waals surface area contributed by atoms with Gasteiger partial charge >= 0.3 is 0 Å². The average Bonchev–Trinajstić information content (AvgIpc) is 2.20. The molecule has 0 saturated heterocycles. The normalized spacial score (nSPS) is 10.4. The molecule has 0 aliphatic carbocycles. The van der Waals surface area contributed by atoms with Crippen LogP contribution in [0.4, 0.5) is 13.2 Å². The van der Waals surface area contributed by atoms with E-state index in [1.165, 1.54) is 6.07 Å². The maximum absolute atomic E-state index is 13.2. The van der Waals surface area contributed by atoms with Crippen LogP contribution in [0.15, 0.2) is 6.07 Å². The van der Waals surface area contributed by atoms with Gasteiger partial charge in [-0.25, -0.2) is 18.2 Å². The minimum absolute atomic E-state index is 0.0504. The van der Waals surface area contributed by atoms with Crippen LogP contribution >= 0.6 is 0 Å². The van der Waals surface area contributed by atoms with Crippen LogP contribution < -0.4 is 5.73 Å². The molecule has 0 amide bonds. The summed E-state index contributed by atoms with van der Waals surface area (Å²) >= 11 is 0. The molecule has 2 N–H and O–H groups in total. The number of pyridine rings is 1. The molecule has 0 aliphatic heterocycles. The highest BCUT2D eigenvalue weighted by Gasteiger charge is 2.19. The Hall–Kier alpha value is -1.61. The molecule has 1 rings (SSSR count). The van der Waals surface area contributed by atoms with Crippen LogP contribution in [-0.4, -0.2) is 4.98 Å². The first-order chi connectivity index (χ1) is 7.10. The lowest BCUT2D eigenvalue weighted by Crippen LogP contribution is -2.08. The molecule has 1 aromatic heterocycles. The number of rotatable bonds is 3.